The van der Waals surface area contributed by atoms with E-state index in [1.54, 1.807) is 6.07 Å². The Morgan fingerprint density at radius 1 is 1.20 bits per heavy atom. The Balaban J connectivity index is 3.02. The molecule has 1 rings (SSSR count). The van der Waals surface area contributed by atoms with E-state index in [1.165, 1.54) is 12.1 Å². The first-order chi connectivity index (χ1) is 7.19. The first kappa shape index (κ1) is 11.4. The zero-order chi connectivity index (χ0) is 11.3. The van der Waals surface area contributed by atoms with Crippen LogP contribution >= 0.6 is 0 Å². The van der Waals surface area contributed by atoms with Gasteiger partial charge in [-0.15, -0.1) is 0 Å². The van der Waals surface area contributed by atoms with Gasteiger partial charge in [-0.1, -0.05) is 0 Å². The van der Waals surface area contributed by atoms with Crippen LogP contribution < -0.4 is 9.47 Å². The molecule has 82 valence electrons. The molecular weight excluding hydrogens is 196 g/mol. The number of hydrogen-bond donors (Lipinski definition) is 1. The maximum absolute atomic E-state index is 10.7. The van der Waals surface area contributed by atoms with Crippen molar-refractivity contribution < 1.29 is 19.4 Å². The van der Waals surface area contributed by atoms with Crippen molar-refractivity contribution in [2.24, 2.45) is 0 Å². The van der Waals surface area contributed by atoms with Crippen LogP contribution in [0.15, 0.2) is 18.2 Å². The van der Waals surface area contributed by atoms with Gasteiger partial charge >= 0.3 is 5.97 Å². The largest absolute Gasteiger partial charge is 0.490 e. The van der Waals surface area contributed by atoms with Gasteiger partial charge in [-0.05, 0) is 32.0 Å². The second kappa shape index (κ2) is 5.24. The van der Waals surface area contributed by atoms with E-state index in [0.29, 0.717) is 24.7 Å². The molecule has 4 heteroatoms. The quantitative estimate of drug-likeness (QED) is 0.809. The van der Waals surface area contributed by atoms with Crippen molar-refractivity contribution in [2.45, 2.75) is 13.8 Å². The highest BCUT2D eigenvalue weighted by Gasteiger charge is 2.09. The standard InChI is InChI=1S/C11H14O4/c1-3-14-9-6-5-8(11(12)13)7-10(9)15-4-2/h5-7H,3-4H2,1-2H3,(H,12,13). The van der Waals surface area contributed by atoms with Crippen molar-refractivity contribution in [3.8, 4) is 11.5 Å². The summed E-state index contributed by atoms with van der Waals surface area (Å²) >= 11 is 0. The Morgan fingerprint density at radius 3 is 2.33 bits per heavy atom. The molecule has 15 heavy (non-hydrogen) atoms. The molecule has 0 aliphatic heterocycles. The van der Waals surface area contributed by atoms with Crippen molar-refractivity contribution in [1.29, 1.82) is 0 Å². The fourth-order valence-corrected chi connectivity index (χ4v) is 1.18. The van der Waals surface area contributed by atoms with Gasteiger partial charge in [-0.2, -0.15) is 0 Å². The highest BCUT2D eigenvalue weighted by Crippen LogP contribution is 2.28. The Hall–Kier alpha value is -1.71. The monoisotopic (exact) mass is 210 g/mol. The Kier molecular flexibility index (Phi) is 3.97. The van der Waals surface area contributed by atoms with Crippen LogP contribution in [0.25, 0.3) is 0 Å². The molecular formula is C11H14O4. The fraction of sp³-hybridized carbons (Fsp3) is 0.364. The SMILES string of the molecule is CCOc1ccc(C(=O)O)cc1OCC. The highest BCUT2D eigenvalue weighted by molar-refractivity contribution is 5.88. The predicted molar refractivity (Wildman–Crippen MR) is 55.7 cm³/mol. The third-order valence-electron chi connectivity index (χ3n) is 1.79. The molecule has 0 amide bonds. The molecule has 0 aliphatic carbocycles. The van der Waals surface area contributed by atoms with E-state index in [9.17, 15) is 4.79 Å². The topological polar surface area (TPSA) is 55.8 Å². The highest BCUT2D eigenvalue weighted by atomic mass is 16.5. The van der Waals surface area contributed by atoms with Crippen LogP contribution in [0.3, 0.4) is 0 Å². The van der Waals surface area contributed by atoms with E-state index in [1.807, 2.05) is 13.8 Å². The molecule has 0 fully saturated rings. The molecule has 1 aromatic carbocycles. The number of benzene rings is 1. The van der Waals surface area contributed by atoms with E-state index in [-0.39, 0.29) is 5.56 Å². The number of rotatable bonds is 5. The molecule has 1 N–H and O–H groups in total. The van der Waals surface area contributed by atoms with Crippen LogP contribution in [-0.4, -0.2) is 24.3 Å². The van der Waals surface area contributed by atoms with Crippen LogP contribution in [0.1, 0.15) is 24.2 Å². The third-order valence-corrected chi connectivity index (χ3v) is 1.79. The first-order valence-electron chi connectivity index (χ1n) is 4.82. The summed E-state index contributed by atoms with van der Waals surface area (Å²) in [4.78, 5) is 10.7. The summed E-state index contributed by atoms with van der Waals surface area (Å²) in [5, 5.41) is 8.80. The molecule has 0 unspecified atom stereocenters. The molecule has 0 bridgehead atoms. The summed E-state index contributed by atoms with van der Waals surface area (Å²) in [6.07, 6.45) is 0. The summed E-state index contributed by atoms with van der Waals surface area (Å²) in [5.74, 6) is 0.0719. The Bertz CT molecular complexity index is 346. The molecule has 4 nitrogen and oxygen atoms in total. The maximum Gasteiger partial charge on any atom is 0.335 e. The van der Waals surface area contributed by atoms with Crippen molar-refractivity contribution in [3.63, 3.8) is 0 Å². The molecule has 0 saturated heterocycles. The van der Waals surface area contributed by atoms with Gasteiger partial charge in [0.1, 0.15) is 0 Å². The third kappa shape index (κ3) is 2.87. The van der Waals surface area contributed by atoms with Crippen LogP contribution in [-0.2, 0) is 0 Å². The van der Waals surface area contributed by atoms with Crippen LogP contribution in [0.4, 0.5) is 0 Å². The summed E-state index contributed by atoms with van der Waals surface area (Å²) in [6, 6.07) is 4.57. The zero-order valence-electron chi connectivity index (χ0n) is 8.82. The zero-order valence-corrected chi connectivity index (χ0v) is 8.82. The Labute approximate surface area is 88.4 Å². The molecule has 0 spiro atoms. The lowest BCUT2D eigenvalue weighted by atomic mass is 10.2. The number of carboxylic acids is 1. The summed E-state index contributed by atoms with van der Waals surface area (Å²) in [6.45, 7) is 4.69. The summed E-state index contributed by atoms with van der Waals surface area (Å²) in [5.41, 5.74) is 0.196. The molecule has 0 aliphatic rings. The van der Waals surface area contributed by atoms with Crippen molar-refractivity contribution in [1.82, 2.24) is 0 Å². The predicted octanol–water partition coefficient (Wildman–Crippen LogP) is 2.18. The van der Waals surface area contributed by atoms with Gasteiger partial charge in [0.2, 0.25) is 0 Å². The van der Waals surface area contributed by atoms with Gasteiger partial charge in [0.15, 0.2) is 11.5 Å². The van der Waals surface area contributed by atoms with E-state index in [4.69, 9.17) is 14.6 Å². The van der Waals surface area contributed by atoms with Gasteiger partial charge in [0, 0.05) is 0 Å². The summed E-state index contributed by atoms with van der Waals surface area (Å²) in [7, 11) is 0. The lowest BCUT2D eigenvalue weighted by molar-refractivity contribution is 0.0696. The fourth-order valence-electron chi connectivity index (χ4n) is 1.18. The van der Waals surface area contributed by atoms with Crippen LogP contribution in [0.5, 0.6) is 11.5 Å². The van der Waals surface area contributed by atoms with Gasteiger partial charge < -0.3 is 14.6 Å². The van der Waals surface area contributed by atoms with Gasteiger partial charge in [0.05, 0.1) is 18.8 Å². The van der Waals surface area contributed by atoms with E-state index < -0.39 is 5.97 Å². The smallest absolute Gasteiger partial charge is 0.335 e. The van der Waals surface area contributed by atoms with Crippen molar-refractivity contribution >= 4 is 5.97 Å². The number of carboxylic acid groups (broad SMARTS) is 1. The number of ether oxygens (including phenoxy) is 2. The average molecular weight is 210 g/mol. The van der Waals surface area contributed by atoms with Crippen molar-refractivity contribution in [2.75, 3.05) is 13.2 Å². The van der Waals surface area contributed by atoms with E-state index in [2.05, 4.69) is 0 Å². The Morgan fingerprint density at radius 2 is 1.80 bits per heavy atom. The minimum Gasteiger partial charge on any atom is -0.490 e. The van der Waals surface area contributed by atoms with Gasteiger partial charge in [-0.25, -0.2) is 4.79 Å². The molecule has 0 heterocycles. The van der Waals surface area contributed by atoms with Crippen LogP contribution in [0, 0.1) is 0 Å². The second-order valence-corrected chi connectivity index (χ2v) is 2.83. The molecule has 0 atom stereocenters. The average Bonchev–Trinajstić information content (AvgIpc) is 2.21. The lowest BCUT2D eigenvalue weighted by Gasteiger charge is -2.10. The van der Waals surface area contributed by atoms with Gasteiger partial charge in [0.25, 0.3) is 0 Å². The summed E-state index contributed by atoms with van der Waals surface area (Å²) < 4.78 is 10.6. The van der Waals surface area contributed by atoms with E-state index in [0.717, 1.165) is 0 Å². The normalized spacial score (nSPS) is 9.73. The maximum atomic E-state index is 10.7. The molecule has 0 radical (unpaired) electrons. The number of aromatic carboxylic acids is 1. The molecule has 1 aromatic rings. The van der Waals surface area contributed by atoms with E-state index >= 15 is 0 Å². The number of hydrogen-bond acceptors (Lipinski definition) is 3. The van der Waals surface area contributed by atoms with Crippen LogP contribution in [0.2, 0.25) is 0 Å². The minimum absolute atomic E-state index is 0.196. The molecule has 0 aromatic heterocycles. The first-order valence-corrected chi connectivity index (χ1v) is 4.82. The molecule has 0 saturated carbocycles. The van der Waals surface area contributed by atoms with Crippen molar-refractivity contribution in [3.05, 3.63) is 23.8 Å². The minimum atomic E-state index is -0.973. The number of carbonyl (C=O) groups is 1. The lowest BCUT2D eigenvalue weighted by Crippen LogP contribution is -2.01. The second-order valence-electron chi connectivity index (χ2n) is 2.83. The van der Waals surface area contributed by atoms with Gasteiger partial charge in [-0.3, -0.25) is 0 Å².